The fourth-order valence-corrected chi connectivity index (χ4v) is 1.31. The number of rotatable bonds is 5. The molecule has 2 N–H and O–H groups in total. The number of amides is 1. The molecule has 0 spiro atoms. The van der Waals surface area contributed by atoms with Gasteiger partial charge in [-0.3, -0.25) is 4.79 Å². The molecule has 1 aromatic carbocycles. The van der Waals surface area contributed by atoms with Crippen molar-refractivity contribution in [2.75, 3.05) is 5.32 Å². The maximum absolute atomic E-state index is 12.0. The highest BCUT2D eigenvalue weighted by molar-refractivity contribution is 5.94. The normalized spacial score (nSPS) is 11.5. The lowest BCUT2D eigenvalue weighted by Crippen LogP contribution is -2.29. The van der Waals surface area contributed by atoms with E-state index in [0.717, 1.165) is 18.1 Å². The molecule has 0 fully saturated rings. The molecule has 1 aromatic rings. The molecule has 0 saturated carbocycles. The third-order valence-electron chi connectivity index (χ3n) is 3.09. The summed E-state index contributed by atoms with van der Waals surface area (Å²) in [6.07, 6.45) is 3.34. The molecule has 0 heterocycles. The summed E-state index contributed by atoms with van der Waals surface area (Å²) in [4.78, 5) is 22.3. The maximum atomic E-state index is 12.0. The van der Waals surface area contributed by atoms with Gasteiger partial charge in [0.15, 0.2) is 0 Å². The van der Waals surface area contributed by atoms with Gasteiger partial charge in [0.1, 0.15) is 0 Å². The van der Waals surface area contributed by atoms with Crippen molar-refractivity contribution in [2.45, 2.75) is 27.2 Å². The van der Waals surface area contributed by atoms with Gasteiger partial charge in [0.2, 0.25) is 5.91 Å². The van der Waals surface area contributed by atoms with Crippen LogP contribution in [0.25, 0.3) is 6.08 Å². The van der Waals surface area contributed by atoms with Crippen LogP contribution in [-0.4, -0.2) is 17.0 Å². The number of carbonyl (C=O) groups excluding carboxylic acids is 1. The van der Waals surface area contributed by atoms with Crippen LogP contribution in [0.15, 0.2) is 30.3 Å². The molecule has 0 bridgehead atoms. The number of carboxylic acids is 1. The molecule has 19 heavy (non-hydrogen) atoms. The number of carboxylic acid groups (broad SMARTS) is 1. The number of aliphatic carboxylic acids is 1. The van der Waals surface area contributed by atoms with Gasteiger partial charge >= 0.3 is 5.97 Å². The van der Waals surface area contributed by atoms with Crippen molar-refractivity contribution in [2.24, 2.45) is 5.41 Å². The van der Waals surface area contributed by atoms with Gasteiger partial charge in [-0.05, 0) is 30.2 Å². The monoisotopic (exact) mass is 261 g/mol. The third-order valence-corrected chi connectivity index (χ3v) is 3.09. The Morgan fingerprint density at radius 1 is 1.26 bits per heavy atom. The van der Waals surface area contributed by atoms with E-state index >= 15 is 0 Å². The van der Waals surface area contributed by atoms with Gasteiger partial charge in [0.25, 0.3) is 0 Å². The lowest BCUT2D eigenvalue weighted by atomic mass is 9.89. The number of carbonyl (C=O) groups is 2. The largest absolute Gasteiger partial charge is 0.478 e. The minimum absolute atomic E-state index is 0.0242. The summed E-state index contributed by atoms with van der Waals surface area (Å²) in [5.41, 5.74) is 1.08. The van der Waals surface area contributed by atoms with Crippen LogP contribution in [0.3, 0.4) is 0 Å². The minimum atomic E-state index is -0.984. The number of hydrogen-bond donors (Lipinski definition) is 2. The van der Waals surface area contributed by atoms with E-state index in [1.807, 2.05) is 20.8 Å². The van der Waals surface area contributed by atoms with Gasteiger partial charge in [0, 0.05) is 17.2 Å². The summed E-state index contributed by atoms with van der Waals surface area (Å²) in [5.74, 6) is -1.01. The Bertz CT molecular complexity index is 487. The standard InChI is InChI=1S/C15H19NO3/c1-4-15(2,3)14(19)16-12-8-5-11(6-9-12)7-10-13(17)18/h5-10H,4H2,1-3H3,(H,16,19)(H,17,18). The predicted octanol–water partition coefficient (Wildman–Crippen LogP) is 3.16. The van der Waals surface area contributed by atoms with E-state index in [1.165, 1.54) is 6.08 Å². The molecule has 0 atom stereocenters. The van der Waals surface area contributed by atoms with Crippen molar-refractivity contribution in [1.82, 2.24) is 0 Å². The average Bonchev–Trinajstić information content (AvgIpc) is 2.37. The van der Waals surface area contributed by atoms with Crippen LogP contribution in [0.5, 0.6) is 0 Å². The van der Waals surface area contributed by atoms with Crippen LogP contribution in [0, 0.1) is 5.41 Å². The topological polar surface area (TPSA) is 66.4 Å². The number of benzene rings is 1. The van der Waals surface area contributed by atoms with Crippen LogP contribution < -0.4 is 5.32 Å². The first-order chi connectivity index (χ1) is 8.85. The van der Waals surface area contributed by atoms with Crippen molar-refractivity contribution >= 4 is 23.6 Å². The summed E-state index contributed by atoms with van der Waals surface area (Å²) in [6.45, 7) is 5.76. The molecule has 102 valence electrons. The zero-order valence-corrected chi connectivity index (χ0v) is 11.4. The molecule has 0 aliphatic rings. The molecule has 0 radical (unpaired) electrons. The molecule has 4 nitrogen and oxygen atoms in total. The number of anilines is 1. The Balaban J connectivity index is 2.72. The molecule has 0 unspecified atom stereocenters. The van der Waals surface area contributed by atoms with Crippen LogP contribution in [0.2, 0.25) is 0 Å². The molecule has 4 heteroatoms. The first kappa shape index (κ1) is 15.0. The summed E-state index contributed by atoms with van der Waals surface area (Å²) >= 11 is 0. The van der Waals surface area contributed by atoms with Crippen LogP contribution >= 0.6 is 0 Å². The van der Waals surface area contributed by atoms with E-state index < -0.39 is 11.4 Å². The van der Waals surface area contributed by atoms with Gasteiger partial charge in [-0.2, -0.15) is 0 Å². The summed E-state index contributed by atoms with van der Waals surface area (Å²) in [5, 5.41) is 11.4. The molecule has 0 saturated heterocycles. The maximum Gasteiger partial charge on any atom is 0.328 e. The lowest BCUT2D eigenvalue weighted by molar-refractivity contribution is -0.131. The zero-order valence-electron chi connectivity index (χ0n) is 11.4. The van der Waals surface area contributed by atoms with Crippen molar-refractivity contribution in [1.29, 1.82) is 0 Å². The predicted molar refractivity (Wildman–Crippen MR) is 75.8 cm³/mol. The van der Waals surface area contributed by atoms with Crippen LogP contribution in [0.1, 0.15) is 32.8 Å². The number of hydrogen-bond acceptors (Lipinski definition) is 2. The van der Waals surface area contributed by atoms with Crippen molar-refractivity contribution < 1.29 is 14.7 Å². The van der Waals surface area contributed by atoms with E-state index in [4.69, 9.17) is 5.11 Å². The molecular weight excluding hydrogens is 242 g/mol. The van der Waals surface area contributed by atoms with Gasteiger partial charge in [-0.1, -0.05) is 32.9 Å². The van der Waals surface area contributed by atoms with Gasteiger partial charge in [-0.15, -0.1) is 0 Å². The van der Waals surface area contributed by atoms with E-state index in [0.29, 0.717) is 5.69 Å². The molecular formula is C15H19NO3. The average molecular weight is 261 g/mol. The zero-order chi connectivity index (χ0) is 14.5. The van der Waals surface area contributed by atoms with Gasteiger partial charge in [0.05, 0.1) is 0 Å². The Hall–Kier alpha value is -2.10. The second-order valence-electron chi connectivity index (χ2n) is 4.99. The SMILES string of the molecule is CCC(C)(C)C(=O)Nc1ccc(C=CC(=O)O)cc1. The highest BCUT2D eigenvalue weighted by Gasteiger charge is 2.24. The second-order valence-corrected chi connectivity index (χ2v) is 4.99. The smallest absolute Gasteiger partial charge is 0.328 e. The van der Waals surface area contributed by atoms with Crippen molar-refractivity contribution in [3.05, 3.63) is 35.9 Å². The Morgan fingerprint density at radius 2 is 1.84 bits per heavy atom. The van der Waals surface area contributed by atoms with Gasteiger partial charge < -0.3 is 10.4 Å². The van der Waals surface area contributed by atoms with E-state index in [2.05, 4.69) is 5.32 Å². The highest BCUT2D eigenvalue weighted by Crippen LogP contribution is 2.22. The first-order valence-corrected chi connectivity index (χ1v) is 6.17. The van der Waals surface area contributed by atoms with E-state index in [9.17, 15) is 9.59 Å². The second kappa shape index (κ2) is 6.18. The van der Waals surface area contributed by atoms with Crippen molar-refractivity contribution in [3.63, 3.8) is 0 Å². The fourth-order valence-electron chi connectivity index (χ4n) is 1.31. The quantitative estimate of drug-likeness (QED) is 0.800. The molecule has 0 aliphatic heterocycles. The molecule has 0 aliphatic carbocycles. The van der Waals surface area contributed by atoms with Crippen LogP contribution in [-0.2, 0) is 9.59 Å². The summed E-state index contributed by atoms with van der Waals surface area (Å²) in [6, 6.07) is 7.03. The molecule has 0 aromatic heterocycles. The van der Waals surface area contributed by atoms with Crippen molar-refractivity contribution in [3.8, 4) is 0 Å². The minimum Gasteiger partial charge on any atom is -0.478 e. The molecule has 1 amide bonds. The Labute approximate surface area is 113 Å². The Kier molecular flexibility index (Phi) is 4.87. The summed E-state index contributed by atoms with van der Waals surface area (Å²) < 4.78 is 0. The van der Waals surface area contributed by atoms with E-state index in [-0.39, 0.29) is 5.91 Å². The lowest BCUT2D eigenvalue weighted by Gasteiger charge is -2.21. The highest BCUT2D eigenvalue weighted by atomic mass is 16.4. The number of nitrogens with one attached hydrogen (secondary N) is 1. The Morgan fingerprint density at radius 3 is 2.32 bits per heavy atom. The summed E-state index contributed by atoms with van der Waals surface area (Å²) in [7, 11) is 0. The van der Waals surface area contributed by atoms with Crippen LogP contribution in [0.4, 0.5) is 5.69 Å². The third kappa shape index (κ3) is 4.58. The first-order valence-electron chi connectivity index (χ1n) is 6.17. The fraction of sp³-hybridized carbons (Fsp3) is 0.333. The van der Waals surface area contributed by atoms with Gasteiger partial charge in [-0.25, -0.2) is 4.79 Å². The molecule has 1 rings (SSSR count). The van der Waals surface area contributed by atoms with E-state index in [1.54, 1.807) is 24.3 Å².